The molecule has 2 aliphatic carbocycles. The minimum atomic E-state index is -0.435. The maximum Gasteiger partial charge on any atom is 0.145 e. The molecule has 0 saturated carbocycles. The van der Waals surface area contributed by atoms with Gasteiger partial charge in [0.2, 0.25) is 0 Å². The quantitative estimate of drug-likeness (QED) is 0.198. The van der Waals surface area contributed by atoms with Gasteiger partial charge in [0.25, 0.3) is 0 Å². The molecule has 0 atom stereocenters. The van der Waals surface area contributed by atoms with Crippen molar-refractivity contribution >= 4 is 34.1 Å². The molecule has 2 heteroatoms. The Morgan fingerprint density at radius 3 is 1.87 bits per heavy atom. The van der Waals surface area contributed by atoms with Crippen molar-refractivity contribution in [2.45, 2.75) is 5.41 Å². The molecule has 0 fully saturated rings. The summed E-state index contributed by atoms with van der Waals surface area (Å²) < 4.78 is 2.27. The SMILES string of the molecule is C1=Cc2ccccc2C2(c3ccccc31)c1ccccc1-c1ccc(-c3ccc4c(c3)c3cccnc3n4-c3ccccc3)cc12. The number of pyridine rings is 1. The van der Waals surface area contributed by atoms with Crippen LogP contribution in [0, 0.1) is 0 Å². The van der Waals surface area contributed by atoms with Crippen LogP contribution in [0.15, 0.2) is 158 Å². The maximum atomic E-state index is 4.83. The molecule has 0 bridgehead atoms. The lowest BCUT2D eigenvalue weighted by Crippen LogP contribution is -2.29. The van der Waals surface area contributed by atoms with Gasteiger partial charge in [-0.2, -0.15) is 0 Å². The molecule has 2 heterocycles. The Labute approximate surface area is 267 Å². The zero-order valence-corrected chi connectivity index (χ0v) is 25.1. The molecule has 6 aromatic carbocycles. The summed E-state index contributed by atoms with van der Waals surface area (Å²) in [5.74, 6) is 0. The number of hydrogen-bond acceptors (Lipinski definition) is 1. The van der Waals surface area contributed by atoms with Crippen LogP contribution >= 0.6 is 0 Å². The summed E-state index contributed by atoms with van der Waals surface area (Å²) in [5.41, 5.74) is 15.7. The topological polar surface area (TPSA) is 17.8 Å². The predicted octanol–water partition coefficient (Wildman–Crippen LogP) is 10.7. The average molecular weight is 585 g/mol. The molecule has 0 saturated heterocycles. The number of aromatic nitrogens is 2. The first kappa shape index (κ1) is 25.3. The molecule has 2 nitrogen and oxygen atoms in total. The molecular weight excluding hydrogens is 556 g/mol. The van der Waals surface area contributed by atoms with Crippen LogP contribution in [0.25, 0.3) is 62.0 Å². The van der Waals surface area contributed by atoms with Crippen LogP contribution < -0.4 is 0 Å². The Morgan fingerprint density at radius 2 is 1.09 bits per heavy atom. The highest BCUT2D eigenvalue weighted by molar-refractivity contribution is 6.09. The van der Waals surface area contributed by atoms with Crippen molar-refractivity contribution in [1.82, 2.24) is 9.55 Å². The summed E-state index contributed by atoms with van der Waals surface area (Å²) in [6.07, 6.45) is 6.46. The normalized spacial score (nSPS) is 13.7. The first-order valence-electron chi connectivity index (χ1n) is 15.9. The molecule has 2 aliphatic rings. The van der Waals surface area contributed by atoms with Gasteiger partial charge in [-0.15, -0.1) is 0 Å². The molecule has 214 valence electrons. The van der Waals surface area contributed by atoms with Crippen molar-refractivity contribution in [3.05, 3.63) is 191 Å². The second-order valence-corrected chi connectivity index (χ2v) is 12.3. The van der Waals surface area contributed by atoms with E-state index in [1.54, 1.807) is 0 Å². The van der Waals surface area contributed by atoms with Gasteiger partial charge in [-0.25, -0.2) is 4.98 Å². The van der Waals surface area contributed by atoms with Crippen LogP contribution in [-0.4, -0.2) is 9.55 Å². The molecule has 8 aromatic rings. The van der Waals surface area contributed by atoms with Crippen LogP contribution in [0.3, 0.4) is 0 Å². The smallest absolute Gasteiger partial charge is 0.145 e. The molecular formula is C44H28N2. The third-order valence-electron chi connectivity index (χ3n) is 10.1. The molecule has 0 radical (unpaired) electrons. The Hall–Kier alpha value is -5.99. The number of rotatable bonds is 2. The Morgan fingerprint density at radius 1 is 0.457 bits per heavy atom. The molecule has 0 unspecified atom stereocenters. The van der Waals surface area contributed by atoms with E-state index >= 15 is 0 Å². The summed E-state index contributed by atoms with van der Waals surface area (Å²) in [4.78, 5) is 4.83. The predicted molar refractivity (Wildman–Crippen MR) is 190 cm³/mol. The third kappa shape index (κ3) is 3.33. The second-order valence-electron chi connectivity index (χ2n) is 12.3. The van der Waals surface area contributed by atoms with Crippen LogP contribution in [0.2, 0.25) is 0 Å². The fraction of sp³-hybridized carbons (Fsp3) is 0.0227. The van der Waals surface area contributed by atoms with E-state index in [4.69, 9.17) is 4.98 Å². The van der Waals surface area contributed by atoms with Gasteiger partial charge in [0.15, 0.2) is 0 Å². The van der Waals surface area contributed by atoms with Crippen molar-refractivity contribution in [2.75, 3.05) is 0 Å². The molecule has 0 aliphatic heterocycles. The van der Waals surface area contributed by atoms with Gasteiger partial charge < -0.3 is 0 Å². The van der Waals surface area contributed by atoms with Gasteiger partial charge in [-0.05, 0) is 98.1 Å². The van der Waals surface area contributed by atoms with Crippen LogP contribution in [-0.2, 0) is 5.41 Å². The molecule has 0 N–H and O–H groups in total. The number of nitrogens with zero attached hydrogens (tertiary/aromatic N) is 2. The van der Waals surface area contributed by atoms with Crippen molar-refractivity contribution in [3.63, 3.8) is 0 Å². The summed E-state index contributed by atoms with van der Waals surface area (Å²) in [6, 6.07) is 55.6. The van der Waals surface area contributed by atoms with E-state index in [1.807, 2.05) is 12.3 Å². The van der Waals surface area contributed by atoms with Gasteiger partial charge in [0, 0.05) is 22.7 Å². The Kier molecular flexibility index (Phi) is 5.24. The van der Waals surface area contributed by atoms with E-state index in [1.165, 1.54) is 61.0 Å². The second kappa shape index (κ2) is 9.50. The zero-order chi connectivity index (χ0) is 30.2. The van der Waals surface area contributed by atoms with Crippen LogP contribution in [0.4, 0.5) is 0 Å². The lowest BCUT2D eigenvalue weighted by Gasteiger charge is -2.35. The highest BCUT2D eigenvalue weighted by Crippen LogP contribution is 2.59. The van der Waals surface area contributed by atoms with Gasteiger partial charge in [0.1, 0.15) is 5.65 Å². The van der Waals surface area contributed by atoms with Crippen molar-refractivity contribution < 1.29 is 0 Å². The van der Waals surface area contributed by atoms with Crippen molar-refractivity contribution in [1.29, 1.82) is 0 Å². The van der Waals surface area contributed by atoms with E-state index in [0.717, 1.165) is 22.2 Å². The van der Waals surface area contributed by atoms with E-state index in [9.17, 15) is 0 Å². The van der Waals surface area contributed by atoms with Crippen LogP contribution in [0.1, 0.15) is 33.4 Å². The number of benzene rings is 6. The van der Waals surface area contributed by atoms with Gasteiger partial charge in [-0.3, -0.25) is 4.57 Å². The summed E-state index contributed by atoms with van der Waals surface area (Å²) >= 11 is 0. The van der Waals surface area contributed by atoms with E-state index in [-0.39, 0.29) is 0 Å². The molecule has 1 spiro atoms. The minimum Gasteiger partial charge on any atom is -0.294 e. The standard InChI is InChI=1S/C44H28N2/c1-2-13-33(14-3-1)46-42-25-23-31(27-37(42)36-16-10-26-45-43(36)46)32-22-24-35-34-15-6-9-19-40(34)44(41(35)28-32)38-17-7-4-11-29(38)20-21-30-12-5-8-18-39(30)44/h1-28H. The minimum absolute atomic E-state index is 0.435. The van der Waals surface area contributed by atoms with Gasteiger partial charge in [-0.1, -0.05) is 121 Å². The third-order valence-corrected chi connectivity index (χ3v) is 10.1. The fourth-order valence-electron chi connectivity index (χ4n) is 8.20. The largest absolute Gasteiger partial charge is 0.294 e. The Balaban J connectivity index is 1.25. The average Bonchev–Trinajstić information content (AvgIpc) is 3.55. The highest BCUT2D eigenvalue weighted by Gasteiger charge is 2.48. The molecule has 0 amide bonds. The molecule has 46 heavy (non-hydrogen) atoms. The van der Waals surface area contributed by atoms with E-state index in [0.29, 0.717) is 0 Å². The summed E-state index contributed by atoms with van der Waals surface area (Å²) in [7, 11) is 0. The van der Waals surface area contributed by atoms with Gasteiger partial charge in [0.05, 0.1) is 10.9 Å². The zero-order valence-electron chi connectivity index (χ0n) is 25.1. The first-order chi connectivity index (χ1) is 22.8. The van der Waals surface area contributed by atoms with Crippen molar-refractivity contribution in [2.24, 2.45) is 0 Å². The number of para-hydroxylation sites is 1. The highest BCUT2D eigenvalue weighted by atomic mass is 15.0. The Bertz CT molecular complexity index is 2480. The maximum absolute atomic E-state index is 4.83. The number of fused-ring (bicyclic) bond motifs is 12. The number of hydrogen-bond donors (Lipinski definition) is 0. The van der Waals surface area contributed by atoms with E-state index < -0.39 is 5.41 Å². The van der Waals surface area contributed by atoms with E-state index in [2.05, 4.69) is 162 Å². The molecule has 2 aromatic heterocycles. The first-order valence-corrected chi connectivity index (χ1v) is 15.9. The van der Waals surface area contributed by atoms with Crippen LogP contribution in [0.5, 0.6) is 0 Å². The monoisotopic (exact) mass is 584 g/mol. The molecule has 10 rings (SSSR count). The summed E-state index contributed by atoms with van der Waals surface area (Å²) in [6.45, 7) is 0. The lowest BCUT2D eigenvalue weighted by molar-refractivity contribution is 0.766. The lowest BCUT2D eigenvalue weighted by atomic mass is 9.66. The van der Waals surface area contributed by atoms with Gasteiger partial charge >= 0.3 is 0 Å². The van der Waals surface area contributed by atoms with Crippen molar-refractivity contribution in [3.8, 4) is 27.9 Å². The fourth-order valence-corrected chi connectivity index (χ4v) is 8.20. The summed E-state index contributed by atoms with van der Waals surface area (Å²) in [5, 5.41) is 2.36.